The van der Waals surface area contributed by atoms with Crippen LogP contribution >= 0.6 is 0 Å². The van der Waals surface area contributed by atoms with Crippen molar-refractivity contribution in [3.05, 3.63) is 48.2 Å². The second-order valence-electron chi connectivity index (χ2n) is 8.29. The molecule has 3 heterocycles. The van der Waals surface area contributed by atoms with Crippen LogP contribution in [0.15, 0.2) is 47.5 Å². The zero-order valence-corrected chi connectivity index (χ0v) is 18.5. The molecule has 10 heteroatoms. The van der Waals surface area contributed by atoms with Crippen LogP contribution in [-0.4, -0.2) is 49.9 Å². The van der Waals surface area contributed by atoms with Crippen LogP contribution in [0.2, 0.25) is 0 Å². The van der Waals surface area contributed by atoms with Crippen molar-refractivity contribution in [3.63, 3.8) is 0 Å². The molecule has 2 saturated heterocycles. The Kier molecular flexibility index (Phi) is 6.62. The fourth-order valence-corrected chi connectivity index (χ4v) is 5.70. The topological polar surface area (TPSA) is 65.5 Å². The number of nitrogens with one attached hydrogen (secondary N) is 1. The third-order valence-corrected chi connectivity index (χ3v) is 8.01. The van der Waals surface area contributed by atoms with Gasteiger partial charge in [0.1, 0.15) is 5.82 Å². The highest BCUT2D eigenvalue weighted by atomic mass is 32.2. The predicted molar refractivity (Wildman–Crippen MR) is 117 cm³/mol. The number of hydrogen-bond donors (Lipinski definition) is 1. The third kappa shape index (κ3) is 5.17. The summed E-state index contributed by atoms with van der Waals surface area (Å²) in [5.74, 6) is 0.354. The monoisotopic (exact) mass is 468 g/mol. The second-order valence-corrected chi connectivity index (χ2v) is 10.2. The highest BCUT2D eigenvalue weighted by Gasteiger charge is 2.32. The van der Waals surface area contributed by atoms with Gasteiger partial charge in [-0.1, -0.05) is 0 Å². The van der Waals surface area contributed by atoms with Crippen LogP contribution in [0.3, 0.4) is 0 Å². The zero-order valence-electron chi connectivity index (χ0n) is 17.7. The van der Waals surface area contributed by atoms with E-state index in [1.165, 1.54) is 16.8 Å². The summed E-state index contributed by atoms with van der Waals surface area (Å²) < 4.78 is 65.6. The zero-order chi connectivity index (χ0) is 22.8. The molecule has 0 unspecified atom stereocenters. The molecule has 32 heavy (non-hydrogen) atoms. The second kappa shape index (κ2) is 9.27. The number of hydrogen-bond acceptors (Lipinski definition) is 5. The van der Waals surface area contributed by atoms with E-state index in [2.05, 4.69) is 15.2 Å². The Morgan fingerprint density at radius 1 is 0.906 bits per heavy atom. The van der Waals surface area contributed by atoms with E-state index in [-0.39, 0.29) is 10.9 Å². The number of aromatic nitrogens is 1. The maximum Gasteiger partial charge on any atom is 0.417 e. The van der Waals surface area contributed by atoms with Crippen LogP contribution in [-0.2, 0) is 16.2 Å². The van der Waals surface area contributed by atoms with E-state index in [0.717, 1.165) is 43.9 Å². The molecule has 1 aromatic heterocycles. The first-order chi connectivity index (χ1) is 15.2. The van der Waals surface area contributed by atoms with Gasteiger partial charge < -0.3 is 10.2 Å². The lowest BCUT2D eigenvalue weighted by Crippen LogP contribution is -2.42. The summed E-state index contributed by atoms with van der Waals surface area (Å²) in [5, 5.41) is 3.11. The van der Waals surface area contributed by atoms with Gasteiger partial charge in [-0.25, -0.2) is 13.4 Å². The lowest BCUT2D eigenvalue weighted by Gasteiger charge is -2.32. The Hall–Kier alpha value is -2.33. The van der Waals surface area contributed by atoms with E-state index in [9.17, 15) is 21.6 Å². The number of nitrogens with zero attached hydrogens (tertiary/aromatic N) is 3. The molecule has 0 saturated carbocycles. The normalized spacial score (nSPS) is 19.2. The van der Waals surface area contributed by atoms with Crippen molar-refractivity contribution in [1.29, 1.82) is 0 Å². The van der Waals surface area contributed by atoms with Crippen molar-refractivity contribution < 1.29 is 21.6 Å². The van der Waals surface area contributed by atoms with Gasteiger partial charge in [-0.15, -0.1) is 0 Å². The van der Waals surface area contributed by atoms with Gasteiger partial charge in [0, 0.05) is 44.1 Å². The number of benzene rings is 1. The van der Waals surface area contributed by atoms with Crippen molar-refractivity contribution in [3.8, 4) is 0 Å². The van der Waals surface area contributed by atoms with E-state index < -0.39 is 21.8 Å². The van der Waals surface area contributed by atoms with E-state index in [0.29, 0.717) is 31.7 Å². The number of piperidine rings is 2. The Morgan fingerprint density at radius 3 is 2.12 bits per heavy atom. The van der Waals surface area contributed by atoms with Gasteiger partial charge in [0.2, 0.25) is 10.0 Å². The molecule has 0 amide bonds. The number of sulfonamides is 1. The first-order valence-electron chi connectivity index (χ1n) is 10.9. The van der Waals surface area contributed by atoms with Crippen LogP contribution in [0.1, 0.15) is 37.7 Å². The number of pyridine rings is 1. The molecular weight excluding hydrogens is 441 g/mol. The van der Waals surface area contributed by atoms with Crippen LogP contribution in [0, 0.1) is 0 Å². The quantitative estimate of drug-likeness (QED) is 0.707. The minimum Gasteiger partial charge on any atom is -0.372 e. The first-order valence-corrected chi connectivity index (χ1v) is 12.3. The minimum atomic E-state index is -4.42. The minimum absolute atomic E-state index is 0.0489. The van der Waals surface area contributed by atoms with Crippen molar-refractivity contribution in [2.75, 3.05) is 36.4 Å². The SMILES string of the molecule is O=S(=O)(c1ccc(N2CCCCC2)cc1)N1CCC(Nc2ccc(C(F)(F)F)cn2)CC1. The smallest absolute Gasteiger partial charge is 0.372 e. The summed E-state index contributed by atoms with van der Waals surface area (Å²) >= 11 is 0. The molecule has 0 aliphatic carbocycles. The highest BCUT2D eigenvalue weighted by molar-refractivity contribution is 7.89. The predicted octanol–water partition coefficient (Wildman–Crippen LogP) is 4.36. The average Bonchev–Trinajstić information content (AvgIpc) is 2.80. The summed E-state index contributed by atoms with van der Waals surface area (Å²) in [5.41, 5.74) is 0.255. The van der Waals surface area contributed by atoms with Gasteiger partial charge in [0.15, 0.2) is 0 Å². The van der Waals surface area contributed by atoms with Gasteiger partial charge in [0.25, 0.3) is 0 Å². The van der Waals surface area contributed by atoms with E-state index in [1.807, 2.05) is 12.1 Å². The molecule has 2 aliphatic heterocycles. The fraction of sp³-hybridized carbons (Fsp3) is 0.500. The fourth-order valence-electron chi connectivity index (χ4n) is 4.23. The molecule has 1 aromatic carbocycles. The van der Waals surface area contributed by atoms with Crippen molar-refractivity contribution >= 4 is 21.5 Å². The number of rotatable bonds is 5. The number of halogens is 3. The van der Waals surface area contributed by atoms with Gasteiger partial charge in [-0.3, -0.25) is 0 Å². The molecule has 4 rings (SSSR count). The van der Waals surface area contributed by atoms with Crippen molar-refractivity contribution in [1.82, 2.24) is 9.29 Å². The van der Waals surface area contributed by atoms with Gasteiger partial charge >= 0.3 is 6.18 Å². The third-order valence-electron chi connectivity index (χ3n) is 6.09. The Bertz CT molecular complexity index is 997. The van der Waals surface area contributed by atoms with E-state index in [1.54, 1.807) is 12.1 Å². The summed E-state index contributed by atoms with van der Waals surface area (Å²) in [6.45, 7) is 2.68. The summed E-state index contributed by atoms with van der Waals surface area (Å²) in [7, 11) is -3.58. The van der Waals surface area contributed by atoms with Crippen LogP contribution in [0.25, 0.3) is 0 Å². The molecule has 0 bridgehead atoms. The van der Waals surface area contributed by atoms with Crippen molar-refractivity contribution in [2.24, 2.45) is 0 Å². The van der Waals surface area contributed by atoms with E-state index >= 15 is 0 Å². The molecule has 0 spiro atoms. The molecule has 2 aromatic rings. The number of alkyl halides is 3. The Balaban J connectivity index is 1.34. The average molecular weight is 469 g/mol. The van der Waals surface area contributed by atoms with Crippen molar-refractivity contribution in [2.45, 2.75) is 49.2 Å². The van der Waals surface area contributed by atoms with Crippen LogP contribution in [0.4, 0.5) is 24.7 Å². The largest absolute Gasteiger partial charge is 0.417 e. The highest BCUT2D eigenvalue weighted by Crippen LogP contribution is 2.29. The molecule has 0 radical (unpaired) electrons. The molecule has 2 fully saturated rings. The first kappa shape index (κ1) is 22.8. The molecule has 0 atom stereocenters. The maximum absolute atomic E-state index is 13.0. The number of anilines is 2. The molecule has 2 aliphatic rings. The van der Waals surface area contributed by atoms with Gasteiger partial charge in [-0.2, -0.15) is 17.5 Å². The Morgan fingerprint density at radius 2 is 1.56 bits per heavy atom. The maximum atomic E-state index is 13.0. The van der Waals surface area contributed by atoms with Gasteiger partial charge in [-0.05, 0) is 68.5 Å². The summed E-state index contributed by atoms with van der Waals surface area (Å²) in [4.78, 5) is 6.40. The lowest BCUT2D eigenvalue weighted by molar-refractivity contribution is -0.137. The van der Waals surface area contributed by atoms with Gasteiger partial charge in [0.05, 0.1) is 10.5 Å². The molecule has 174 valence electrons. The summed E-state index contributed by atoms with van der Waals surface area (Å²) in [6.07, 6.45) is 1.03. The summed E-state index contributed by atoms with van der Waals surface area (Å²) in [6, 6.07) is 9.35. The van der Waals surface area contributed by atoms with E-state index in [4.69, 9.17) is 0 Å². The molecule has 1 N–H and O–H groups in total. The molecule has 6 nitrogen and oxygen atoms in total. The van der Waals surface area contributed by atoms with Crippen LogP contribution < -0.4 is 10.2 Å². The van der Waals surface area contributed by atoms with Crippen LogP contribution in [0.5, 0.6) is 0 Å². The Labute approximate surface area is 186 Å². The standard InChI is InChI=1S/C22H27F3N4O2S/c23-22(24,25)17-4-9-21(26-16-17)27-18-10-14-29(15-11-18)32(30,31)20-7-5-19(6-8-20)28-12-2-1-3-13-28/h4-9,16,18H,1-3,10-15H2,(H,26,27). The lowest BCUT2D eigenvalue weighted by atomic mass is 10.1. The molecular formula is C22H27F3N4O2S.